The molecule has 3 aromatic rings. The van der Waals surface area contributed by atoms with E-state index in [1.165, 1.54) is 0 Å². The highest BCUT2D eigenvalue weighted by molar-refractivity contribution is 5.93. The summed E-state index contributed by atoms with van der Waals surface area (Å²) in [6, 6.07) is 28.8. The van der Waals surface area contributed by atoms with E-state index in [2.05, 4.69) is 17.0 Å². The molecule has 0 aromatic heterocycles. The number of benzene rings is 3. The number of carboxylic acid groups (broad SMARTS) is 1. The molecule has 1 N–H and O–H groups in total. The number of aliphatic imine (C=N–C) groups is 1. The predicted molar refractivity (Wildman–Crippen MR) is 110 cm³/mol. The van der Waals surface area contributed by atoms with Crippen LogP contribution in [-0.2, 0) is 16.9 Å². The molecule has 0 spiro atoms. The number of hydrogen-bond donors (Lipinski definition) is 1. The molecule has 0 amide bonds. The van der Waals surface area contributed by atoms with E-state index in [-0.39, 0.29) is 0 Å². The average molecular weight is 370 g/mol. The van der Waals surface area contributed by atoms with E-state index in [9.17, 15) is 9.90 Å². The Balaban J connectivity index is 1.89. The molecule has 140 valence electrons. The number of hydrogen-bond acceptors (Lipinski definition) is 3. The molecule has 0 radical (unpaired) electrons. The molecule has 1 aliphatic rings. The van der Waals surface area contributed by atoms with Crippen LogP contribution in [0.25, 0.3) is 0 Å². The standard InChI is InChI=1S/C24H22N2O2/c1-18-25-24(23(27)28,21-15-9-4-10-16-21)22(20-13-7-3-8-14-20)26(18)17-19-11-5-2-6-12-19/h2-16,22H,17H2,1H3,(H,27,28). The van der Waals surface area contributed by atoms with Crippen molar-refractivity contribution in [3.05, 3.63) is 108 Å². The first-order valence-corrected chi connectivity index (χ1v) is 9.34. The van der Waals surface area contributed by atoms with Crippen molar-refractivity contribution in [1.82, 2.24) is 4.90 Å². The Hall–Kier alpha value is -3.40. The van der Waals surface area contributed by atoms with Gasteiger partial charge in [-0.1, -0.05) is 91.0 Å². The van der Waals surface area contributed by atoms with Gasteiger partial charge in [0.1, 0.15) is 0 Å². The van der Waals surface area contributed by atoms with E-state index in [1.54, 1.807) is 0 Å². The number of amidine groups is 1. The monoisotopic (exact) mass is 370 g/mol. The molecule has 2 atom stereocenters. The smallest absolute Gasteiger partial charge is 0.338 e. The summed E-state index contributed by atoms with van der Waals surface area (Å²) in [7, 11) is 0. The summed E-state index contributed by atoms with van der Waals surface area (Å²) < 4.78 is 0. The Labute approximate surface area is 164 Å². The maximum Gasteiger partial charge on any atom is 0.338 e. The highest BCUT2D eigenvalue weighted by Crippen LogP contribution is 2.48. The zero-order valence-corrected chi connectivity index (χ0v) is 15.7. The maximum absolute atomic E-state index is 12.7. The minimum absolute atomic E-state index is 0.436. The van der Waals surface area contributed by atoms with E-state index < -0.39 is 17.6 Å². The van der Waals surface area contributed by atoms with Crippen LogP contribution in [-0.4, -0.2) is 21.8 Å². The highest BCUT2D eigenvalue weighted by Gasteiger charge is 2.55. The van der Waals surface area contributed by atoms with Crippen LogP contribution < -0.4 is 0 Å². The van der Waals surface area contributed by atoms with Crippen LogP contribution in [0.3, 0.4) is 0 Å². The normalized spacial score (nSPS) is 21.4. The van der Waals surface area contributed by atoms with E-state index in [1.807, 2.05) is 85.8 Å². The van der Waals surface area contributed by atoms with Crippen LogP contribution in [0.15, 0.2) is 96.0 Å². The summed E-state index contributed by atoms with van der Waals surface area (Å²) in [6.45, 7) is 2.49. The largest absolute Gasteiger partial charge is 0.479 e. The van der Waals surface area contributed by atoms with Crippen LogP contribution >= 0.6 is 0 Å². The van der Waals surface area contributed by atoms with Crippen molar-refractivity contribution in [2.24, 2.45) is 4.99 Å². The SMILES string of the molecule is CC1=NC(C(=O)O)(c2ccccc2)C(c2ccccc2)N1Cc1ccccc1. The zero-order valence-electron chi connectivity index (χ0n) is 15.7. The summed E-state index contributed by atoms with van der Waals surface area (Å²) in [5.74, 6) is -0.216. The second kappa shape index (κ2) is 7.31. The fourth-order valence-corrected chi connectivity index (χ4v) is 4.04. The summed E-state index contributed by atoms with van der Waals surface area (Å²) in [4.78, 5) is 19.6. The molecular formula is C24H22N2O2. The first-order valence-electron chi connectivity index (χ1n) is 9.34. The molecule has 1 heterocycles. The van der Waals surface area contributed by atoms with Gasteiger partial charge in [0.2, 0.25) is 5.54 Å². The van der Waals surface area contributed by atoms with Gasteiger partial charge in [-0.3, -0.25) is 0 Å². The first kappa shape index (κ1) is 18.0. The third kappa shape index (κ3) is 2.97. The predicted octanol–water partition coefficient (Wildman–Crippen LogP) is 4.64. The molecule has 1 aliphatic heterocycles. The minimum atomic E-state index is -1.39. The molecule has 0 bridgehead atoms. The summed E-state index contributed by atoms with van der Waals surface area (Å²) in [5, 5.41) is 10.4. The van der Waals surface area contributed by atoms with Crippen molar-refractivity contribution in [2.45, 2.75) is 25.0 Å². The topological polar surface area (TPSA) is 52.9 Å². The lowest BCUT2D eigenvalue weighted by Gasteiger charge is -2.36. The Morgan fingerprint density at radius 1 is 0.929 bits per heavy atom. The lowest BCUT2D eigenvalue weighted by Crippen LogP contribution is -2.43. The highest BCUT2D eigenvalue weighted by atomic mass is 16.4. The van der Waals surface area contributed by atoms with Gasteiger partial charge in [-0.2, -0.15) is 0 Å². The summed E-state index contributed by atoms with van der Waals surface area (Å²) in [5.41, 5.74) is 1.35. The van der Waals surface area contributed by atoms with Crippen LogP contribution in [0.5, 0.6) is 0 Å². The number of nitrogens with zero attached hydrogens (tertiary/aromatic N) is 2. The van der Waals surface area contributed by atoms with Gasteiger partial charge in [0, 0.05) is 6.54 Å². The second-order valence-corrected chi connectivity index (χ2v) is 7.02. The molecule has 4 nitrogen and oxygen atoms in total. The first-order chi connectivity index (χ1) is 13.6. The molecule has 0 fully saturated rings. The number of rotatable bonds is 5. The van der Waals surface area contributed by atoms with Crippen LogP contribution in [0.2, 0.25) is 0 Å². The quantitative estimate of drug-likeness (QED) is 0.712. The van der Waals surface area contributed by atoms with Crippen LogP contribution in [0.1, 0.15) is 29.7 Å². The molecule has 4 heteroatoms. The minimum Gasteiger partial charge on any atom is -0.479 e. The summed E-state index contributed by atoms with van der Waals surface area (Å²) >= 11 is 0. The number of carboxylic acids is 1. The van der Waals surface area contributed by atoms with Crippen molar-refractivity contribution in [3.8, 4) is 0 Å². The Morgan fingerprint density at radius 3 is 2.04 bits per heavy atom. The van der Waals surface area contributed by atoms with Gasteiger partial charge in [-0.25, -0.2) is 9.79 Å². The maximum atomic E-state index is 12.7. The summed E-state index contributed by atoms with van der Waals surface area (Å²) in [6.07, 6.45) is 0. The number of aliphatic carboxylic acids is 1. The van der Waals surface area contributed by atoms with Crippen LogP contribution in [0.4, 0.5) is 0 Å². The Kier molecular flexibility index (Phi) is 4.70. The molecule has 4 rings (SSSR count). The number of carbonyl (C=O) groups is 1. The van der Waals surface area contributed by atoms with Gasteiger partial charge < -0.3 is 10.0 Å². The second-order valence-electron chi connectivity index (χ2n) is 7.02. The lowest BCUT2D eigenvalue weighted by molar-refractivity contribution is -0.145. The van der Waals surface area contributed by atoms with Gasteiger partial charge in [-0.05, 0) is 23.6 Å². The molecule has 2 unspecified atom stereocenters. The fraction of sp³-hybridized carbons (Fsp3) is 0.167. The molecule has 0 aliphatic carbocycles. The van der Waals surface area contributed by atoms with E-state index in [4.69, 9.17) is 4.99 Å². The zero-order chi connectivity index (χ0) is 19.6. The van der Waals surface area contributed by atoms with Crippen molar-refractivity contribution in [1.29, 1.82) is 0 Å². The fourth-order valence-electron chi connectivity index (χ4n) is 4.04. The van der Waals surface area contributed by atoms with Gasteiger partial charge in [0.05, 0.1) is 11.9 Å². The average Bonchev–Trinajstić information content (AvgIpc) is 3.03. The van der Waals surface area contributed by atoms with Crippen molar-refractivity contribution >= 4 is 11.8 Å². The van der Waals surface area contributed by atoms with E-state index >= 15 is 0 Å². The molecule has 0 saturated carbocycles. The van der Waals surface area contributed by atoms with Crippen molar-refractivity contribution in [3.63, 3.8) is 0 Å². The van der Waals surface area contributed by atoms with E-state index in [0.29, 0.717) is 12.1 Å². The lowest BCUT2D eigenvalue weighted by atomic mass is 9.80. The van der Waals surface area contributed by atoms with Gasteiger partial charge in [-0.15, -0.1) is 0 Å². The van der Waals surface area contributed by atoms with Crippen molar-refractivity contribution < 1.29 is 9.90 Å². The van der Waals surface area contributed by atoms with Gasteiger partial charge >= 0.3 is 5.97 Å². The van der Waals surface area contributed by atoms with Gasteiger partial charge in [0.15, 0.2) is 0 Å². The molecular weight excluding hydrogens is 348 g/mol. The Bertz CT molecular complexity index is 987. The van der Waals surface area contributed by atoms with Crippen LogP contribution in [0, 0.1) is 0 Å². The third-order valence-corrected chi connectivity index (χ3v) is 5.31. The van der Waals surface area contributed by atoms with Gasteiger partial charge in [0.25, 0.3) is 0 Å². The molecule has 28 heavy (non-hydrogen) atoms. The molecule has 0 saturated heterocycles. The van der Waals surface area contributed by atoms with E-state index in [0.717, 1.165) is 17.0 Å². The third-order valence-electron chi connectivity index (χ3n) is 5.31. The van der Waals surface area contributed by atoms with Crippen molar-refractivity contribution in [2.75, 3.05) is 0 Å². The molecule has 3 aromatic carbocycles. The Morgan fingerprint density at radius 2 is 1.46 bits per heavy atom.